The summed E-state index contributed by atoms with van der Waals surface area (Å²) >= 11 is 0. The van der Waals surface area contributed by atoms with Crippen LogP contribution in [0.1, 0.15) is 15.9 Å². The minimum absolute atomic E-state index is 0.199. The number of Topliss-reactive ketones (excluding diaryl/α,β-unsaturated/α-hetero) is 1. The molecule has 0 aliphatic heterocycles. The van der Waals surface area contributed by atoms with Crippen molar-refractivity contribution in [1.82, 2.24) is 0 Å². The van der Waals surface area contributed by atoms with E-state index in [0.717, 1.165) is 5.56 Å². The van der Waals surface area contributed by atoms with E-state index in [1.54, 1.807) is 12.1 Å². The summed E-state index contributed by atoms with van der Waals surface area (Å²) in [5, 5.41) is 0. The first kappa shape index (κ1) is 13.9. The number of rotatable bonds is 5. The van der Waals surface area contributed by atoms with Gasteiger partial charge in [0.1, 0.15) is 0 Å². The second-order valence-electron chi connectivity index (χ2n) is 4.13. The zero-order valence-electron chi connectivity index (χ0n) is 11.5. The van der Waals surface area contributed by atoms with Crippen molar-refractivity contribution >= 4 is 11.5 Å². The number of carbonyl (C=O) groups is 1. The van der Waals surface area contributed by atoms with Gasteiger partial charge in [-0.2, -0.15) is 0 Å². The second kappa shape index (κ2) is 6.57. The van der Waals surface area contributed by atoms with E-state index in [-0.39, 0.29) is 11.5 Å². The Bertz CT molecular complexity index is 601. The summed E-state index contributed by atoms with van der Waals surface area (Å²) < 4.78 is 10.6. The summed E-state index contributed by atoms with van der Waals surface area (Å²) in [6.45, 7) is 0. The molecule has 0 amide bonds. The van der Waals surface area contributed by atoms with E-state index in [0.29, 0.717) is 11.3 Å². The highest BCUT2D eigenvalue weighted by Gasteiger charge is 2.20. The normalized spacial score (nSPS) is 11.5. The van der Waals surface area contributed by atoms with Crippen LogP contribution in [0.25, 0.3) is 5.76 Å². The third kappa shape index (κ3) is 2.88. The molecule has 0 bridgehead atoms. The highest BCUT2D eigenvalue weighted by Crippen LogP contribution is 2.22. The molecule has 0 N–H and O–H groups in total. The number of benzene rings is 2. The molecule has 0 saturated carbocycles. The molecule has 0 aliphatic carbocycles. The van der Waals surface area contributed by atoms with Crippen molar-refractivity contribution in [2.75, 3.05) is 14.2 Å². The molecule has 2 rings (SSSR count). The lowest BCUT2D eigenvalue weighted by molar-refractivity contribution is 0.0947. The molecule has 2 aromatic carbocycles. The van der Waals surface area contributed by atoms with Crippen molar-refractivity contribution in [2.24, 2.45) is 0 Å². The fourth-order valence-electron chi connectivity index (χ4n) is 1.94. The van der Waals surface area contributed by atoms with E-state index in [2.05, 4.69) is 0 Å². The van der Waals surface area contributed by atoms with Crippen LogP contribution in [0, 0.1) is 0 Å². The summed E-state index contributed by atoms with van der Waals surface area (Å²) in [7, 11) is 3.00. The molecule has 0 unspecified atom stereocenters. The van der Waals surface area contributed by atoms with E-state index in [9.17, 15) is 4.79 Å². The summed E-state index contributed by atoms with van der Waals surface area (Å²) in [4.78, 5) is 12.5. The van der Waals surface area contributed by atoms with Gasteiger partial charge in [-0.1, -0.05) is 60.7 Å². The van der Waals surface area contributed by atoms with Crippen LogP contribution in [0.5, 0.6) is 0 Å². The number of carbonyl (C=O) groups excluding carboxylic acids is 1. The van der Waals surface area contributed by atoms with E-state index < -0.39 is 0 Å². The van der Waals surface area contributed by atoms with Crippen LogP contribution in [-0.4, -0.2) is 20.0 Å². The molecule has 0 radical (unpaired) electrons. The molecule has 0 heterocycles. The molecule has 0 aromatic heterocycles. The fourth-order valence-corrected chi connectivity index (χ4v) is 1.94. The maximum absolute atomic E-state index is 12.5. The molecule has 20 heavy (non-hydrogen) atoms. The highest BCUT2D eigenvalue weighted by molar-refractivity contribution is 6.11. The average Bonchev–Trinajstić information content (AvgIpc) is 2.53. The van der Waals surface area contributed by atoms with Crippen molar-refractivity contribution < 1.29 is 14.3 Å². The van der Waals surface area contributed by atoms with Gasteiger partial charge in [0.05, 0.1) is 14.2 Å². The quantitative estimate of drug-likeness (QED) is 0.473. The third-order valence-corrected chi connectivity index (χ3v) is 2.89. The molecule has 3 heteroatoms. The minimum Gasteiger partial charge on any atom is -0.492 e. The van der Waals surface area contributed by atoms with Gasteiger partial charge >= 0.3 is 0 Å². The van der Waals surface area contributed by atoms with Crippen molar-refractivity contribution in [1.29, 1.82) is 0 Å². The molecule has 0 saturated heterocycles. The van der Waals surface area contributed by atoms with Crippen molar-refractivity contribution in [3.63, 3.8) is 0 Å². The maximum Gasteiger partial charge on any atom is 0.231 e. The lowest BCUT2D eigenvalue weighted by atomic mass is 10.1. The number of allylic oxidation sites excluding steroid dienone is 1. The van der Waals surface area contributed by atoms with Gasteiger partial charge in [0.2, 0.25) is 11.5 Å². The average molecular weight is 268 g/mol. The molecule has 0 fully saturated rings. The van der Waals surface area contributed by atoms with E-state index in [4.69, 9.17) is 9.47 Å². The minimum atomic E-state index is -0.200. The molecule has 0 aliphatic rings. The monoisotopic (exact) mass is 268 g/mol. The van der Waals surface area contributed by atoms with Crippen LogP contribution in [0.4, 0.5) is 0 Å². The van der Waals surface area contributed by atoms with E-state index >= 15 is 0 Å². The molecule has 3 nitrogen and oxygen atoms in total. The Balaban J connectivity index is 2.48. The van der Waals surface area contributed by atoms with E-state index in [1.165, 1.54) is 14.2 Å². The Morgan fingerprint density at radius 2 is 1.25 bits per heavy atom. The molecule has 102 valence electrons. The van der Waals surface area contributed by atoms with Crippen LogP contribution in [0.2, 0.25) is 0 Å². The van der Waals surface area contributed by atoms with Crippen LogP contribution < -0.4 is 0 Å². The van der Waals surface area contributed by atoms with Crippen LogP contribution in [0.15, 0.2) is 66.4 Å². The smallest absolute Gasteiger partial charge is 0.231 e. The summed E-state index contributed by atoms with van der Waals surface area (Å²) in [6, 6.07) is 18.4. The van der Waals surface area contributed by atoms with Gasteiger partial charge in [0.25, 0.3) is 0 Å². The first-order valence-electron chi connectivity index (χ1n) is 6.25. The number of hydrogen-bond acceptors (Lipinski definition) is 3. The van der Waals surface area contributed by atoms with Crippen LogP contribution in [0.3, 0.4) is 0 Å². The number of ether oxygens (including phenoxy) is 2. The Kier molecular flexibility index (Phi) is 4.56. The van der Waals surface area contributed by atoms with Gasteiger partial charge in [-0.05, 0) is 0 Å². The fraction of sp³-hybridized carbons (Fsp3) is 0.118. The SMILES string of the molecule is COC(C(=O)c1ccccc1)=C(OC)c1ccccc1. The van der Waals surface area contributed by atoms with Gasteiger partial charge in [-0.3, -0.25) is 4.79 Å². The highest BCUT2D eigenvalue weighted by atomic mass is 16.5. The van der Waals surface area contributed by atoms with Gasteiger partial charge in [0.15, 0.2) is 5.76 Å². The van der Waals surface area contributed by atoms with E-state index in [1.807, 2.05) is 48.5 Å². The first-order valence-corrected chi connectivity index (χ1v) is 6.25. The largest absolute Gasteiger partial charge is 0.492 e. The van der Waals surface area contributed by atoms with Crippen LogP contribution in [-0.2, 0) is 9.47 Å². The third-order valence-electron chi connectivity index (χ3n) is 2.89. The lowest BCUT2D eigenvalue weighted by Gasteiger charge is -2.12. The van der Waals surface area contributed by atoms with Crippen molar-refractivity contribution in [3.05, 3.63) is 77.5 Å². The maximum atomic E-state index is 12.5. The van der Waals surface area contributed by atoms with Gasteiger partial charge in [-0.15, -0.1) is 0 Å². The Morgan fingerprint density at radius 1 is 0.750 bits per heavy atom. The topological polar surface area (TPSA) is 35.5 Å². The molecule has 0 spiro atoms. The molecule has 2 aromatic rings. The number of methoxy groups -OCH3 is 2. The Morgan fingerprint density at radius 3 is 1.70 bits per heavy atom. The second-order valence-corrected chi connectivity index (χ2v) is 4.13. The predicted octanol–water partition coefficient (Wildman–Crippen LogP) is 3.53. The summed E-state index contributed by atoms with van der Waals surface area (Å²) in [5.41, 5.74) is 1.37. The number of ketones is 1. The van der Waals surface area contributed by atoms with Crippen LogP contribution >= 0.6 is 0 Å². The summed E-state index contributed by atoms with van der Waals surface area (Å²) in [6.07, 6.45) is 0. The zero-order chi connectivity index (χ0) is 14.4. The first-order chi connectivity index (χ1) is 9.77. The van der Waals surface area contributed by atoms with Crippen molar-refractivity contribution in [2.45, 2.75) is 0 Å². The lowest BCUT2D eigenvalue weighted by Crippen LogP contribution is -2.09. The molecular weight excluding hydrogens is 252 g/mol. The molecular formula is C17H16O3. The molecule has 0 atom stereocenters. The standard InChI is InChI=1S/C17H16O3/c1-19-16(14-11-7-4-8-12-14)17(20-2)15(18)13-9-5-3-6-10-13/h3-12H,1-2H3. The predicted molar refractivity (Wildman–Crippen MR) is 78.2 cm³/mol. The van der Waals surface area contributed by atoms with Gasteiger partial charge in [-0.25, -0.2) is 0 Å². The van der Waals surface area contributed by atoms with Crippen molar-refractivity contribution in [3.8, 4) is 0 Å². The van der Waals surface area contributed by atoms with Gasteiger partial charge < -0.3 is 9.47 Å². The Labute approximate surface area is 118 Å². The number of hydrogen-bond donors (Lipinski definition) is 0. The zero-order valence-corrected chi connectivity index (χ0v) is 11.5. The summed E-state index contributed by atoms with van der Waals surface area (Å²) in [5.74, 6) is 0.431. The van der Waals surface area contributed by atoms with Gasteiger partial charge in [0, 0.05) is 11.1 Å². The Hall–Kier alpha value is -2.55.